The number of methoxy groups -OCH3 is 1. The molecule has 0 spiro atoms. The first kappa shape index (κ1) is 13.8. The molecule has 0 aliphatic heterocycles. The Balaban J connectivity index is 2.78. The van der Waals surface area contributed by atoms with Crippen LogP contribution in [0.2, 0.25) is 0 Å². The van der Waals surface area contributed by atoms with Gasteiger partial charge in [-0.25, -0.2) is 0 Å². The molecule has 0 heterocycles. The zero-order chi connectivity index (χ0) is 12.7. The van der Waals surface area contributed by atoms with E-state index in [0.717, 1.165) is 31.1 Å². The normalized spacial score (nSPS) is 10.6. The lowest BCUT2D eigenvalue weighted by Gasteiger charge is -2.14. The molecule has 96 valence electrons. The predicted octanol–water partition coefficient (Wildman–Crippen LogP) is 2.98. The van der Waals surface area contributed by atoms with Crippen molar-refractivity contribution in [2.45, 2.75) is 39.8 Å². The predicted molar refractivity (Wildman–Crippen MR) is 70.8 cm³/mol. The Kier molecular flexibility index (Phi) is 5.84. The van der Waals surface area contributed by atoms with E-state index < -0.39 is 0 Å². The summed E-state index contributed by atoms with van der Waals surface area (Å²) in [4.78, 5) is 0. The lowest BCUT2D eigenvalue weighted by molar-refractivity contribution is 0.310. The molecule has 0 bridgehead atoms. The summed E-state index contributed by atoms with van der Waals surface area (Å²) in [5.41, 5.74) is 1.17. The van der Waals surface area contributed by atoms with Gasteiger partial charge in [-0.15, -0.1) is 0 Å². The molecule has 1 aromatic carbocycles. The van der Waals surface area contributed by atoms with Crippen molar-refractivity contribution in [3.63, 3.8) is 0 Å². The molecule has 0 unspecified atom stereocenters. The van der Waals surface area contributed by atoms with Gasteiger partial charge in [0.15, 0.2) is 0 Å². The number of benzene rings is 1. The standard InChI is InChI=1S/C14H23NO2/c1-5-8-17-14-9-13(16-4)7-6-12(14)10-15-11(2)3/h6-7,9,11,15H,5,8,10H2,1-4H3. The van der Waals surface area contributed by atoms with Gasteiger partial charge in [0.05, 0.1) is 13.7 Å². The molecule has 1 aromatic rings. The summed E-state index contributed by atoms with van der Waals surface area (Å²) in [5, 5.41) is 3.40. The molecule has 0 saturated carbocycles. The van der Waals surface area contributed by atoms with Gasteiger partial charge >= 0.3 is 0 Å². The minimum atomic E-state index is 0.469. The summed E-state index contributed by atoms with van der Waals surface area (Å²) in [6.07, 6.45) is 1.01. The third-order valence-electron chi connectivity index (χ3n) is 2.44. The van der Waals surface area contributed by atoms with Gasteiger partial charge in [0.25, 0.3) is 0 Å². The summed E-state index contributed by atoms with van der Waals surface area (Å²) >= 11 is 0. The number of rotatable bonds is 7. The van der Waals surface area contributed by atoms with Crippen molar-refractivity contribution in [3.8, 4) is 11.5 Å². The molecule has 0 aliphatic rings. The molecule has 0 saturated heterocycles. The van der Waals surface area contributed by atoms with E-state index in [1.165, 1.54) is 5.56 Å². The Hall–Kier alpha value is -1.22. The molecule has 0 fully saturated rings. The van der Waals surface area contributed by atoms with E-state index in [-0.39, 0.29) is 0 Å². The average molecular weight is 237 g/mol. The van der Waals surface area contributed by atoms with Crippen LogP contribution in [0, 0.1) is 0 Å². The summed E-state index contributed by atoms with van der Waals surface area (Å²) in [6.45, 7) is 7.93. The Bertz CT molecular complexity index is 337. The fraction of sp³-hybridized carbons (Fsp3) is 0.571. The SMILES string of the molecule is CCCOc1cc(OC)ccc1CNC(C)C. The maximum atomic E-state index is 5.74. The van der Waals surface area contributed by atoms with Crippen molar-refractivity contribution in [1.29, 1.82) is 0 Å². The largest absolute Gasteiger partial charge is 0.497 e. The lowest BCUT2D eigenvalue weighted by atomic mass is 10.2. The third kappa shape index (κ3) is 4.65. The number of hydrogen-bond donors (Lipinski definition) is 1. The van der Waals surface area contributed by atoms with Crippen LogP contribution in [0.5, 0.6) is 11.5 Å². The maximum absolute atomic E-state index is 5.74. The van der Waals surface area contributed by atoms with Gasteiger partial charge in [0.1, 0.15) is 11.5 Å². The van der Waals surface area contributed by atoms with Gasteiger partial charge < -0.3 is 14.8 Å². The molecule has 3 nitrogen and oxygen atoms in total. The van der Waals surface area contributed by atoms with Crippen LogP contribution in [0.4, 0.5) is 0 Å². The minimum absolute atomic E-state index is 0.469. The van der Waals surface area contributed by atoms with Gasteiger partial charge in [-0.3, -0.25) is 0 Å². The average Bonchev–Trinajstić information content (AvgIpc) is 2.34. The van der Waals surface area contributed by atoms with E-state index in [4.69, 9.17) is 9.47 Å². The first-order valence-corrected chi connectivity index (χ1v) is 6.20. The number of hydrogen-bond acceptors (Lipinski definition) is 3. The third-order valence-corrected chi connectivity index (χ3v) is 2.44. The molecule has 0 atom stereocenters. The monoisotopic (exact) mass is 237 g/mol. The Morgan fingerprint density at radius 2 is 2.06 bits per heavy atom. The lowest BCUT2D eigenvalue weighted by Crippen LogP contribution is -2.22. The zero-order valence-electron chi connectivity index (χ0n) is 11.2. The smallest absolute Gasteiger partial charge is 0.127 e. The van der Waals surface area contributed by atoms with Crippen LogP contribution in [-0.2, 0) is 6.54 Å². The van der Waals surface area contributed by atoms with Gasteiger partial charge in [0, 0.05) is 24.2 Å². The van der Waals surface area contributed by atoms with Gasteiger partial charge in [-0.05, 0) is 12.5 Å². The van der Waals surface area contributed by atoms with Crippen molar-refractivity contribution in [2.75, 3.05) is 13.7 Å². The van der Waals surface area contributed by atoms with Crippen LogP contribution in [0.25, 0.3) is 0 Å². The summed E-state index contributed by atoms with van der Waals surface area (Å²) in [7, 11) is 1.67. The van der Waals surface area contributed by atoms with Crippen LogP contribution >= 0.6 is 0 Å². The van der Waals surface area contributed by atoms with E-state index in [2.05, 4.69) is 32.2 Å². The summed E-state index contributed by atoms with van der Waals surface area (Å²) in [6, 6.07) is 6.44. The van der Waals surface area contributed by atoms with Crippen LogP contribution in [-0.4, -0.2) is 19.8 Å². The topological polar surface area (TPSA) is 30.5 Å². The molecule has 0 aromatic heterocycles. The first-order valence-electron chi connectivity index (χ1n) is 6.20. The molecule has 0 aliphatic carbocycles. The molecule has 1 rings (SSSR count). The fourth-order valence-corrected chi connectivity index (χ4v) is 1.47. The van der Waals surface area contributed by atoms with Gasteiger partial charge in [-0.2, -0.15) is 0 Å². The number of nitrogens with one attached hydrogen (secondary N) is 1. The van der Waals surface area contributed by atoms with Crippen molar-refractivity contribution < 1.29 is 9.47 Å². The molecular formula is C14H23NO2. The van der Waals surface area contributed by atoms with E-state index in [0.29, 0.717) is 6.04 Å². The summed E-state index contributed by atoms with van der Waals surface area (Å²) in [5.74, 6) is 1.75. The van der Waals surface area contributed by atoms with E-state index in [1.807, 2.05) is 12.1 Å². The van der Waals surface area contributed by atoms with Gasteiger partial charge in [0.2, 0.25) is 0 Å². The molecule has 0 radical (unpaired) electrons. The molecule has 3 heteroatoms. The second-order valence-corrected chi connectivity index (χ2v) is 4.36. The van der Waals surface area contributed by atoms with E-state index in [9.17, 15) is 0 Å². The van der Waals surface area contributed by atoms with E-state index in [1.54, 1.807) is 7.11 Å². The van der Waals surface area contributed by atoms with Crippen LogP contribution in [0.1, 0.15) is 32.8 Å². The highest BCUT2D eigenvalue weighted by Gasteiger charge is 2.06. The molecule has 1 N–H and O–H groups in total. The number of ether oxygens (including phenoxy) is 2. The Morgan fingerprint density at radius 3 is 2.65 bits per heavy atom. The van der Waals surface area contributed by atoms with Crippen molar-refractivity contribution in [3.05, 3.63) is 23.8 Å². The Labute approximate surface area is 104 Å². The molecular weight excluding hydrogens is 214 g/mol. The van der Waals surface area contributed by atoms with Crippen LogP contribution < -0.4 is 14.8 Å². The molecule has 0 amide bonds. The second-order valence-electron chi connectivity index (χ2n) is 4.36. The highest BCUT2D eigenvalue weighted by atomic mass is 16.5. The van der Waals surface area contributed by atoms with Gasteiger partial charge in [-0.1, -0.05) is 26.8 Å². The Morgan fingerprint density at radius 1 is 1.29 bits per heavy atom. The first-order chi connectivity index (χ1) is 8.17. The quantitative estimate of drug-likeness (QED) is 0.791. The van der Waals surface area contributed by atoms with Crippen molar-refractivity contribution in [1.82, 2.24) is 5.32 Å². The summed E-state index contributed by atoms with van der Waals surface area (Å²) < 4.78 is 11.0. The highest BCUT2D eigenvalue weighted by Crippen LogP contribution is 2.25. The van der Waals surface area contributed by atoms with Crippen molar-refractivity contribution >= 4 is 0 Å². The van der Waals surface area contributed by atoms with E-state index >= 15 is 0 Å². The fourth-order valence-electron chi connectivity index (χ4n) is 1.47. The van der Waals surface area contributed by atoms with Crippen molar-refractivity contribution in [2.24, 2.45) is 0 Å². The van der Waals surface area contributed by atoms with Crippen LogP contribution in [0.15, 0.2) is 18.2 Å². The molecule has 17 heavy (non-hydrogen) atoms. The highest BCUT2D eigenvalue weighted by molar-refractivity contribution is 5.40. The zero-order valence-corrected chi connectivity index (χ0v) is 11.2. The maximum Gasteiger partial charge on any atom is 0.127 e. The second kappa shape index (κ2) is 7.17. The van der Waals surface area contributed by atoms with Crippen LogP contribution in [0.3, 0.4) is 0 Å². The minimum Gasteiger partial charge on any atom is -0.497 e.